The summed E-state index contributed by atoms with van der Waals surface area (Å²) in [4.78, 5) is 23.1. The Morgan fingerprint density at radius 1 is 0.862 bits per heavy atom. The van der Waals surface area contributed by atoms with Crippen LogP contribution >= 0.6 is 0 Å². The molecular formula is C22H25FN2O4. The van der Waals surface area contributed by atoms with E-state index in [0.29, 0.717) is 0 Å². The lowest BCUT2D eigenvalue weighted by Crippen LogP contribution is -2.45. The van der Waals surface area contributed by atoms with Crippen molar-refractivity contribution in [1.82, 2.24) is 9.80 Å². The molecule has 0 spiro atoms. The number of hydrogen-bond donors (Lipinski definition) is 2. The van der Waals surface area contributed by atoms with Gasteiger partial charge in [-0.2, -0.15) is 0 Å². The van der Waals surface area contributed by atoms with Crippen molar-refractivity contribution in [3.8, 4) is 0 Å². The molecule has 0 unspecified atom stereocenters. The number of hydrogen-bond acceptors (Lipinski definition) is 4. The summed E-state index contributed by atoms with van der Waals surface area (Å²) in [5.41, 5.74) is 2.44. The normalized spacial score (nSPS) is 14.9. The molecule has 0 atom stereocenters. The van der Waals surface area contributed by atoms with E-state index in [1.807, 2.05) is 18.2 Å². The highest BCUT2D eigenvalue weighted by Crippen LogP contribution is 2.10. The first-order valence-electron chi connectivity index (χ1n) is 9.31. The fraction of sp³-hybridized carbons (Fsp3) is 0.273. The van der Waals surface area contributed by atoms with Crippen molar-refractivity contribution in [3.05, 3.63) is 77.6 Å². The standard InChI is InChI=1S/C20H23FN2.C2H2O4/c21-20-10-8-19(9-11-20)17-23-15-13-22(14-16-23)12-4-7-18-5-2-1-3-6-18;3-1(4)2(5)6/h1-11H,12-17H2;(H,3,4)(H,5,6)/b7-4+;. The first kappa shape index (κ1) is 22.3. The minimum absolute atomic E-state index is 0.163. The lowest BCUT2D eigenvalue weighted by Gasteiger charge is -2.34. The molecule has 154 valence electrons. The minimum atomic E-state index is -1.82. The monoisotopic (exact) mass is 400 g/mol. The highest BCUT2D eigenvalue weighted by molar-refractivity contribution is 6.27. The third-order valence-corrected chi connectivity index (χ3v) is 4.44. The van der Waals surface area contributed by atoms with Gasteiger partial charge in [-0.15, -0.1) is 0 Å². The topological polar surface area (TPSA) is 81.1 Å². The molecule has 1 aliphatic rings. The van der Waals surface area contributed by atoms with Gasteiger partial charge in [0.25, 0.3) is 0 Å². The van der Waals surface area contributed by atoms with Gasteiger partial charge in [-0.05, 0) is 23.3 Å². The van der Waals surface area contributed by atoms with Crippen LogP contribution < -0.4 is 0 Å². The van der Waals surface area contributed by atoms with Crippen molar-refractivity contribution in [2.24, 2.45) is 0 Å². The maximum Gasteiger partial charge on any atom is 0.414 e. The van der Waals surface area contributed by atoms with Gasteiger partial charge in [0.05, 0.1) is 0 Å². The molecule has 0 aromatic heterocycles. The Bertz CT molecular complexity index is 789. The van der Waals surface area contributed by atoms with Gasteiger partial charge < -0.3 is 10.2 Å². The van der Waals surface area contributed by atoms with Gasteiger partial charge >= 0.3 is 11.9 Å². The van der Waals surface area contributed by atoms with Crippen molar-refractivity contribution in [3.63, 3.8) is 0 Å². The molecule has 0 saturated carbocycles. The summed E-state index contributed by atoms with van der Waals surface area (Å²) in [6, 6.07) is 17.3. The van der Waals surface area contributed by atoms with Crippen molar-refractivity contribution in [2.45, 2.75) is 6.54 Å². The van der Waals surface area contributed by atoms with Crippen LogP contribution in [0.2, 0.25) is 0 Å². The Morgan fingerprint density at radius 2 is 1.41 bits per heavy atom. The molecule has 0 radical (unpaired) electrons. The fourth-order valence-corrected chi connectivity index (χ4v) is 2.88. The smallest absolute Gasteiger partial charge is 0.414 e. The SMILES string of the molecule is Fc1ccc(CN2CCN(C/C=C/c3ccccc3)CC2)cc1.O=C(O)C(=O)O. The van der Waals surface area contributed by atoms with Gasteiger partial charge in [-0.3, -0.25) is 9.80 Å². The van der Waals surface area contributed by atoms with E-state index in [4.69, 9.17) is 19.8 Å². The van der Waals surface area contributed by atoms with E-state index in [-0.39, 0.29) is 5.82 Å². The Kier molecular flexibility index (Phi) is 9.01. The third-order valence-electron chi connectivity index (χ3n) is 4.44. The number of benzene rings is 2. The molecule has 3 rings (SSSR count). The van der Waals surface area contributed by atoms with E-state index >= 15 is 0 Å². The van der Waals surface area contributed by atoms with Gasteiger partial charge in [0.15, 0.2) is 0 Å². The highest BCUT2D eigenvalue weighted by atomic mass is 19.1. The maximum atomic E-state index is 12.9. The van der Waals surface area contributed by atoms with Crippen LogP contribution in [0.5, 0.6) is 0 Å². The molecule has 7 heteroatoms. The molecule has 0 aliphatic carbocycles. The molecule has 2 aromatic carbocycles. The van der Waals surface area contributed by atoms with Gasteiger partial charge in [0, 0.05) is 39.3 Å². The van der Waals surface area contributed by atoms with E-state index < -0.39 is 11.9 Å². The molecule has 0 amide bonds. The molecule has 1 aliphatic heterocycles. The van der Waals surface area contributed by atoms with Crippen LogP contribution in [0.1, 0.15) is 11.1 Å². The Hall–Kier alpha value is -3.03. The highest BCUT2D eigenvalue weighted by Gasteiger charge is 2.15. The van der Waals surface area contributed by atoms with Crippen LogP contribution in [0.4, 0.5) is 4.39 Å². The van der Waals surface area contributed by atoms with E-state index in [0.717, 1.165) is 39.3 Å². The first-order chi connectivity index (χ1) is 13.9. The molecule has 0 bridgehead atoms. The van der Waals surface area contributed by atoms with Gasteiger partial charge in [-0.1, -0.05) is 54.6 Å². The zero-order valence-electron chi connectivity index (χ0n) is 16.1. The van der Waals surface area contributed by atoms with E-state index in [2.05, 4.69) is 46.2 Å². The molecule has 6 nitrogen and oxygen atoms in total. The second-order valence-corrected chi connectivity index (χ2v) is 6.63. The molecular weight excluding hydrogens is 375 g/mol. The third kappa shape index (κ3) is 8.68. The summed E-state index contributed by atoms with van der Waals surface area (Å²) < 4.78 is 12.9. The molecule has 2 N–H and O–H groups in total. The molecule has 1 fully saturated rings. The lowest BCUT2D eigenvalue weighted by molar-refractivity contribution is -0.159. The van der Waals surface area contributed by atoms with Crippen LogP contribution in [0.15, 0.2) is 60.7 Å². The van der Waals surface area contributed by atoms with Crippen LogP contribution in [0.3, 0.4) is 0 Å². The average Bonchev–Trinajstić information content (AvgIpc) is 2.72. The lowest BCUT2D eigenvalue weighted by atomic mass is 10.2. The van der Waals surface area contributed by atoms with Crippen LogP contribution in [0.25, 0.3) is 6.08 Å². The molecule has 2 aromatic rings. The summed E-state index contributed by atoms with van der Waals surface area (Å²) in [6.07, 6.45) is 4.43. The van der Waals surface area contributed by atoms with Crippen LogP contribution in [-0.2, 0) is 16.1 Å². The predicted molar refractivity (Wildman–Crippen MR) is 109 cm³/mol. The Morgan fingerprint density at radius 3 is 1.97 bits per heavy atom. The van der Waals surface area contributed by atoms with Gasteiger partial charge in [0.2, 0.25) is 0 Å². The van der Waals surface area contributed by atoms with E-state index in [9.17, 15) is 4.39 Å². The number of rotatable bonds is 5. The second-order valence-electron chi connectivity index (χ2n) is 6.63. The second kappa shape index (κ2) is 11.7. The van der Waals surface area contributed by atoms with Gasteiger partial charge in [0.1, 0.15) is 5.82 Å². The fourth-order valence-electron chi connectivity index (χ4n) is 2.88. The van der Waals surface area contributed by atoms with Crippen LogP contribution in [-0.4, -0.2) is 64.7 Å². The molecule has 1 heterocycles. The van der Waals surface area contributed by atoms with Crippen LogP contribution in [0, 0.1) is 5.82 Å². The van der Waals surface area contributed by atoms with Gasteiger partial charge in [-0.25, -0.2) is 14.0 Å². The summed E-state index contributed by atoms with van der Waals surface area (Å²) in [5.74, 6) is -3.81. The number of carboxylic acid groups (broad SMARTS) is 2. The number of nitrogens with zero attached hydrogens (tertiary/aromatic N) is 2. The maximum absolute atomic E-state index is 12.9. The largest absolute Gasteiger partial charge is 0.473 e. The number of piperazine rings is 1. The Balaban J connectivity index is 0.000000438. The van der Waals surface area contributed by atoms with E-state index in [1.165, 1.54) is 11.1 Å². The van der Waals surface area contributed by atoms with Crippen molar-refractivity contribution >= 4 is 18.0 Å². The number of carbonyl (C=O) groups is 2. The molecule has 29 heavy (non-hydrogen) atoms. The number of aliphatic carboxylic acids is 2. The summed E-state index contributed by atoms with van der Waals surface area (Å²) in [5, 5.41) is 14.8. The van der Waals surface area contributed by atoms with Crippen molar-refractivity contribution < 1.29 is 24.2 Å². The zero-order valence-corrected chi connectivity index (χ0v) is 16.1. The minimum Gasteiger partial charge on any atom is -0.473 e. The summed E-state index contributed by atoms with van der Waals surface area (Å²) in [7, 11) is 0. The quantitative estimate of drug-likeness (QED) is 0.752. The number of halogens is 1. The van der Waals surface area contributed by atoms with E-state index in [1.54, 1.807) is 12.1 Å². The first-order valence-corrected chi connectivity index (χ1v) is 9.31. The Labute approximate surface area is 169 Å². The average molecular weight is 400 g/mol. The predicted octanol–water partition coefficient (Wildman–Crippen LogP) is 2.81. The summed E-state index contributed by atoms with van der Waals surface area (Å²) >= 11 is 0. The number of carboxylic acids is 2. The summed E-state index contributed by atoms with van der Waals surface area (Å²) in [6.45, 7) is 6.21. The van der Waals surface area contributed by atoms with Crippen molar-refractivity contribution in [2.75, 3.05) is 32.7 Å². The van der Waals surface area contributed by atoms with Crippen molar-refractivity contribution in [1.29, 1.82) is 0 Å². The zero-order chi connectivity index (χ0) is 21.1. The molecule has 1 saturated heterocycles.